The summed E-state index contributed by atoms with van der Waals surface area (Å²) in [5.41, 5.74) is 1.38. The lowest BCUT2D eigenvalue weighted by Gasteiger charge is -2.42. The third-order valence-corrected chi connectivity index (χ3v) is 6.43. The van der Waals surface area contributed by atoms with Gasteiger partial charge in [0.05, 0.1) is 20.3 Å². The Kier molecular flexibility index (Phi) is 6.98. The first kappa shape index (κ1) is 21.4. The van der Waals surface area contributed by atoms with E-state index in [2.05, 4.69) is 23.1 Å². The highest BCUT2D eigenvalue weighted by Crippen LogP contribution is 2.45. The summed E-state index contributed by atoms with van der Waals surface area (Å²) in [5, 5.41) is 19.7. The van der Waals surface area contributed by atoms with Gasteiger partial charge in [-0.1, -0.05) is 24.6 Å². The standard InChI is InChI=1S/C22H29NO3.CH2O2/c1-25-18-10-9-16(21-17(18)6-3-7-19(21)26-2)14-23-13-5-12-22(15-23)11-4-8-20(22)24;2-1-3/h3,6-7,9-10,20,24H,4-5,8,11-15H2,1-2H3;1H,(H,2,3)/t20-,22-;/m1./s1. The van der Waals surface area contributed by atoms with Crippen LogP contribution in [0.5, 0.6) is 11.5 Å². The zero-order valence-electron chi connectivity index (χ0n) is 17.3. The van der Waals surface area contributed by atoms with E-state index in [1.807, 2.05) is 12.1 Å². The van der Waals surface area contributed by atoms with Gasteiger partial charge in [-0.15, -0.1) is 0 Å². The predicted octanol–water partition coefficient (Wildman–Crippen LogP) is 3.68. The van der Waals surface area contributed by atoms with Gasteiger partial charge < -0.3 is 19.7 Å². The van der Waals surface area contributed by atoms with Crippen LogP contribution < -0.4 is 9.47 Å². The number of rotatable bonds is 4. The number of piperidine rings is 1. The molecule has 1 saturated carbocycles. The molecule has 0 amide bonds. The molecule has 2 aliphatic rings. The van der Waals surface area contributed by atoms with E-state index < -0.39 is 0 Å². The van der Waals surface area contributed by atoms with E-state index >= 15 is 0 Å². The Bertz CT molecular complexity index is 839. The van der Waals surface area contributed by atoms with Crippen LogP contribution in [0.2, 0.25) is 0 Å². The molecular formula is C23H31NO5. The number of likely N-dealkylation sites (tertiary alicyclic amines) is 1. The summed E-state index contributed by atoms with van der Waals surface area (Å²) >= 11 is 0. The summed E-state index contributed by atoms with van der Waals surface area (Å²) in [6.45, 7) is 2.73. The molecule has 29 heavy (non-hydrogen) atoms. The molecule has 6 heteroatoms. The van der Waals surface area contributed by atoms with Crippen molar-refractivity contribution in [2.75, 3.05) is 27.3 Å². The second kappa shape index (κ2) is 9.46. The largest absolute Gasteiger partial charge is 0.496 e. The number of aliphatic hydroxyl groups is 1. The Morgan fingerprint density at radius 3 is 2.52 bits per heavy atom. The third kappa shape index (κ3) is 4.33. The maximum absolute atomic E-state index is 10.5. The summed E-state index contributed by atoms with van der Waals surface area (Å²) in [7, 11) is 3.44. The number of carboxylic acid groups (broad SMARTS) is 1. The highest BCUT2D eigenvalue weighted by molar-refractivity contribution is 5.95. The first-order valence-electron chi connectivity index (χ1n) is 10.2. The van der Waals surface area contributed by atoms with Crippen molar-refractivity contribution in [1.82, 2.24) is 4.90 Å². The summed E-state index contributed by atoms with van der Waals surface area (Å²) in [4.78, 5) is 10.9. The fraction of sp³-hybridized carbons (Fsp3) is 0.522. The quantitative estimate of drug-likeness (QED) is 0.761. The summed E-state index contributed by atoms with van der Waals surface area (Å²) in [6, 6.07) is 10.3. The van der Waals surface area contributed by atoms with Crippen molar-refractivity contribution in [3.63, 3.8) is 0 Å². The van der Waals surface area contributed by atoms with E-state index in [1.54, 1.807) is 14.2 Å². The molecule has 1 saturated heterocycles. The second-order valence-electron chi connectivity index (χ2n) is 8.00. The third-order valence-electron chi connectivity index (χ3n) is 6.43. The van der Waals surface area contributed by atoms with Crippen molar-refractivity contribution in [3.05, 3.63) is 35.9 Å². The van der Waals surface area contributed by atoms with E-state index in [4.69, 9.17) is 19.4 Å². The second-order valence-corrected chi connectivity index (χ2v) is 8.00. The van der Waals surface area contributed by atoms with Gasteiger partial charge >= 0.3 is 0 Å². The van der Waals surface area contributed by atoms with Crippen LogP contribution in [-0.4, -0.2) is 55.0 Å². The van der Waals surface area contributed by atoms with E-state index in [0.717, 1.165) is 67.6 Å². The fourth-order valence-electron chi connectivity index (χ4n) is 5.13. The highest BCUT2D eigenvalue weighted by Gasteiger charge is 2.44. The minimum absolute atomic E-state index is 0.116. The summed E-state index contributed by atoms with van der Waals surface area (Å²) in [6.07, 6.45) is 5.49. The fourth-order valence-corrected chi connectivity index (χ4v) is 5.13. The summed E-state index contributed by atoms with van der Waals surface area (Å²) in [5.74, 6) is 1.77. The number of aliphatic hydroxyl groups excluding tert-OH is 1. The van der Waals surface area contributed by atoms with Crippen LogP contribution in [-0.2, 0) is 11.3 Å². The zero-order valence-corrected chi connectivity index (χ0v) is 17.3. The Labute approximate surface area is 172 Å². The molecule has 1 spiro atoms. The number of carbonyl (C=O) groups is 1. The van der Waals surface area contributed by atoms with Gasteiger partial charge in [-0.25, -0.2) is 0 Å². The van der Waals surface area contributed by atoms with Crippen LogP contribution in [0.3, 0.4) is 0 Å². The molecule has 0 bridgehead atoms. The van der Waals surface area contributed by atoms with E-state index in [9.17, 15) is 5.11 Å². The van der Waals surface area contributed by atoms with Crippen LogP contribution in [0.15, 0.2) is 30.3 Å². The Hall–Kier alpha value is -2.31. The van der Waals surface area contributed by atoms with Crippen molar-refractivity contribution < 1.29 is 24.5 Å². The minimum atomic E-state index is -0.250. The topological polar surface area (TPSA) is 79.2 Å². The molecule has 0 radical (unpaired) electrons. The Balaban J connectivity index is 0.000000755. The van der Waals surface area contributed by atoms with Gasteiger partial charge in [0.2, 0.25) is 0 Å². The number of nitrogens with zero attached hydrogens (tertiary/aromatic N) is 1. The Morgan fingerprint density at radius 1 is 1.14 bits per heavy atom. The van der Waals surface area contributed by atoms with Gasteiger partial charge in [0, 0.05) is 29.3 Å². The average molecular weight is 402 g/mol. The first-order valence-corrected chi connectivity index (χ1v) is 10.2. The van der Waals surface area contributed by atoms with Crippen LogP contribution >= 0.6 is 0 Å². The van der Waals surface area contributed by atoms with Crippen LogP contribution in [0.1, 0.15) is 37.7 Å². The molecule has 2 atom stereocenters. The number of hydrogen-bond donors (Lipinski definition) is 2. The monoisotopic (exact) mass is 401 g/mol. The van der Waals surface area contributed by atoms with Gasteiger partial charge in [0.15, 0.2) is 0 Å². The molecule has 6 nitrogen and oxygen atoms in total. The van der Waals surface area contributed by atoms with Gasteiger partial charge in [0.1, 0.15) is 11.5 Å². The smallest absolute Gasteiger partial charge is 0.290 e. The summed E-state index contributed by atoms with van der Waals surface area (Å²) < 4.78 is 11.2. The first-order chi connectivity index (χ1) is 14.1. The molecule has 2 aromatic rings. The lowest BCUT2D eigenvalue weighted by molar-refractivity contribution is -0.122. The van der Waals surface area contributed by atoms with Crippen LogP contribution in [0.4, 0.5) is 0 Å². The predicted molar refractivity (Wildman–Crippen MR) is 113 cm³/mol. The maximum atomic E-state index is 10.5. The molecule has 2 aromatic carbocycles. The maximum Gasteiger partial charge on any atom is 0.290 e. The van der Waals surface area contributed by atoms with Gasteiger partial charge in [-0.05, 0) is 49.9 Å². The number of benzene rings is 2. The average Bonchev–Trinajstić information content (AvgIpc) is 3.07. The van der Waals surface area contributed by atoms with E-state index in [1.165, 1.54) is 12.0 Å². The van der Waals surface area contributed by atoms with Crippen molar-refractivity contribution >= 4 is 17.2 Å². The molecular weight excluding hydrogens is 370 g/mol. The van der Waals surface area contributed by atoms with E-state index in [-0.39, 0.29) is 18.0 Å². The number of hydrogen-bond acceptors (Lipinski definition) is 5. The molecule has 0 unspecified atom stereocenters. The number of fused-ring (bicyclic) bond motifs is 1. The molecule has 4 rings (SSSR count). The molecule has 1 heterocycles. The van der Waals surface area contributed by atoms with Crippen molar-refractivity contribution in [2.24, 2.45) is 5.41 Å². The van der Waals surface area contributed by atoms with Crippen molar-refractivity contribution in [1.29, 1.82) is 0 Å². The lowest BCUT2D eigenvalue weighted by atomic mass is 9.76. The van der Waals surface area contributed by atoms with Gasteiger partial charge in [-0.2, -0.15) is 0 Å². The van der Waals surface area contributed by atoms with Crippen molar-refractivity contribution in [3.8, 4) is 11.5 Å². The van der Waals surface area contributed by atoms with Gasteiger partial charge in [-0.3, -0.25) is 9.69 Å². The highest BCUT2D eigenvalue weighted by atomic mass is 16.5. The normalized spacial score (nSPS) is 24.2. The molecule has 158 valence electrons. The van der Waals surface area contributed by atoms with Gasteiger partial charge in [0.25, 0.3) is 6.47 Å². The molecule has 1 aliphatic carbocycles. The van der Waals surface area contributed by atoms with Crippen molar-refractivity contribution in [2.45, 2.75) is 44.8 Å². The molecule has 2 N–H and O–H groups in total. The minimum Gasteiger partial charge on any atom is -0.496 e. The Morgan fingerprint density at radius 2 is 1.86 bits per heavy atom. The molecule has 1 aliphatic heterocycles. The van der Waals surface area contributed by atoms with Crippen LogP contribution in [0.25, 0.3) is 10.8 Å². The molecule has 2 fully saturated rings. The SMILES string of the molecule is COc1ccc(CN2CCC[C@]3(CCC[C@H]3O)C2)c2c(OC)cccc12.O=CO. The van der Waals surface area contributed by atoms with Crippen LogP contribution in [0, 0.1) is 5.41 Å². The molecule has 0 aromatic heterocycles. The number of ether oxygens (including phenoxy) is 2. The number of methoxy groups -OCH3 is 2. The zero-order chi connectivity index (χ0) is 20.9. The lowest BCUT2D eigenvalue weighted by Crippen LogP contribution is -2.46. The van der Waals surface area contributed by atoms with E-state index in [0.29, 0.717) is 0 Å².